The van der Waals surface area contributed by atoms with Gasteiger partial charge in [0.05, 0.1) is 6.54 Å². The lowest BCUT2D eigenvalue weighted by molar-refractivity contribution is -0.137. The summed E-state index contributed by atoms with van der Waals surface area (Å²) in [5.41, 5.74) is 33.9. The molecule has 11 atom stereocenters. The molecule has 0 fully saturated rings. The molecule has 0 spiro atoms. The maximum atomic E-state index is 14.6. The molecule has 0 aromatic rings. The number of nitrogens with zero attached hydrogens (tertiary/aromatic N) is 1. The van der Waals surface area contributed by atoms with E-state index in [0.29, 0.717) is 45.1 Å². The Hall–Kier alpha value is -6.15. The SMILES string of the molecule is CC[C@H](C)[C@H](NC(=O)[C@H](CCCCN)NC(=O)[C@H](CC(C)C)NC(=O)[C@H](CC(C)C)NC(=O)CN)C(=O)N[C@H](C(=O)N[C@@H](CCCCN)C(=O)N[C@@H](CCCN=C(N)N)C(=O)N[C@@H](CC(C)C)C(=O)N[C@@H](CC(C)C)C(N)=O)[C@@H](C)CC. The van der Waals surface area contributed by atoms with Crippen molar-refractivity contribution in [1.82, 2.24) is 47.9 Å². The molecule has 472 valence electrons. The fourth-order valence-electron chi connectivity index (χ4n) is 8.90. The van der Waals surface area contributed by atoms with Gasteiger partial charge in [-0.05, 0) is 126 Å². The second-order valence-corrected chi connectivity index (χ2v) is 23.4. The molecule has 82 heavy (non-hydrogen) atoms. The summed E-state index contributed by atoms with van der Waals surface area (Å²) in [6.07, 6.45) is 3.92. The van der Waals surface area contributed by atoms with Crippen molar-refractivity contribution in [3.8, 4) is 0 Å². The standard InChI is InChI=1S/C56H108N16O10/c1-13-35(11)45(72-55(82)46(36(12)14-2)71-50(77)38(21-16-18-24-58)66-52(79)42(28-33(7)8)70-51(78)41(27-32(5)6)64-44(73)30-59)54(81)67-37(20-15-17-23-57)48(75)65-39(22-19-25-63-56(61)62)49(76)69-43(29-34(9)10)53(80)68-40(47(60)74)26-31(3)4/h31-43,45-46H,13-30,57-59H2,1-12H3,(H2,60,74)(H,64,73)(H,65,75)(H,66,79)(H,67,81)(H,68,80)(H,69,76)(H,70,78)(H,71,77)(H,72,82)(H4,61,62,63)/t35-,36-,37-,38-,39-,40-,41-,42-,43-,45-,46-/m0/s1. The molecule has 26 nitrogen and oxygen atoms in total. The molecule has 0 aromatic heterocycles. The van der Waals surface area contributed by atoms with Gasteiger partial charge >= 0.3 is 0 Å². The quantitative estimate of drug-likeness (QED) is 0.0206. The molecule has 26 heteroatoms. The van der Waals surface area contributed by atoms with E-state index < -0.39 is 125 Å². The fraction of sp³-hybridized carbons (Fsp3) is 0.804. The molecule has 10 amide bonds. The molecular formula is C56H108N16O10. The zero-order valence-corrected chi connectivity index (χ0v) is 51.4. The number of nitrogens with two attached hydrogens (primary N) is 6. The van der Waals surface area contributed by atoms with Crippen LogP contribution in [0.25, 0.3) is 0 Å². The Kier molecular flexibility index (Phi) is 37.9. The number of aliphatic imine (C=N–C) groups is 1. The van der Waals surface area contributed by atoms with Crippen LogP contribution in [-0.2, 0) is 47.9 Å². The molecule has 0 saturated carbocycles. The van der Waals surface area contributed by atoms with Crippen molar-refractivity contribution in [2.24, 2.45) is 74.9 Å². The van der Waals surface area contributed by atoms with Gasteiger partial charge in [-0.15, -0.1) is 0 Å². The van der Waals surface area contributed by atoms with Crippen LogP contribution in [0.1, 0.15) is 173 Å². The lowest BCUT2D eigenvalue weighted by Crippen LogP contribution is -2.62. The van der Waals surface area contributed by atoms with E-state index in [2.05, 4.69) is 52.8 Å². The van der Waals surface area contributed by atoms with E-state index in [1.807, 2.05) is 69.2 Å². The smallest absolute Gasteiger partial charge is 0.243 e. The van der Waals surface area contributed by atoms with Gasteiger partial charge in [-0.1, -0.05) is 95.9 Å². The van der Waals surface area contributed by atoms with Gasteiger partial charge in [0.2, 0.25) is 59.1 Å². The first kappa shape index (κ1) is 75.8. The van der Waals surface area contributed by atoms with Crippen LogP contribution in [0, 0.1) is 35.5 Å². The Morgan fingerprint density at radius 3 is 1.00 bits per heavy atom. The fourth-order valence-corrected chi connectivity index (χ4v) is 8.90. The van der Waals surface area contributed by atoms with E-state index in [0.717, 1.165) is 0 Å². The molecule has 0 aliphatic heterocycles. The third-order valence-electron chi connectivity index (χ3n) is 13.9. The topological polar surface area (TPSA) is 447 Å². The minimum Gasteiger partial charge on any atom is -0.370 e. The number of primary amides is 1. The van der Waals surface area contributed by atoms with E-state index >= 15 is 0 Å². The van der Waals surface area contributed by atoms with Gasteiger partial charge in [0.25, 0.3) is 0 Å². The Morgan fingerprint density at radius 2 is 0.659 bits per heavy atom. The Labute approximate surface area is 487 Å². The molecule has 0 aromatic carbocycles. The second-order valence-electron chi connectivity index (χ2n) is 23.4. The summed E-state index contributed by atoms with van der Waals surface area (Å²) in [5.74, 6) is -8.10. The van der Waals surface area contributed by atoms with Crippen LogP contribution < -0.4 is 82.3 Å². The summed E-state index contributed by atoms with van der Waals surface area (Å²) < 4.78 is 0. The lowest BCUT2D eigenvalue weighted by Gasteiger charge is -2.31. The minimum absolute atomic E-state index is 0.00104. The zero-order chi connectivity index (χ0) is 62.8. The summed E-state index contributed by atoms with van der Waals surface area (Å²) in [6, 6.07) is -10.4. The Bertz CT molecular complexity index is 2040. The van der Waals surface area contributed by atoms with E-state index in [1.54, 1.807) is 13.8 Å². The number of rotatable bonds is 43. The molecule has 0 aliphatic carbocycles. The molecule has 21 N–H and O–H groups in total. The molecule has 0 radical (unpaired) electrons. The van der Waals surface area contributed by atoms with Crippen molar-refractivity contribution < 1.29 is 47.9 Å². The van der Waals surface area contributed by atoms with Crippen LogP contribution in [-0.4, -0.2) is 146 Å². The molecule has 0 unspecified atom stereocenters. The summed E-state index contributed by atoms with van der Waals surface area (Å²) >= 11 is 0. The summed E-state index contributed by atoms with van der Waals surface area (Å²) in [4.78, 5) is 142. The van der Waals surface area contributed by atoms with Gasteiger partial charge < -0.3 is 82.3 Å². The highest BCUT2D eigenvalue weighted by molar-refractivity contribution is 5.98. The number of nitrogens with one attached hydrogen (secondary N) is 9. The van der Waals surface area contributed by atoms with Crippen molar-refractivity contribution >= 4 is 65.0 Å². The number of unbranched alkanes of at least 4 members (excludes halogenated alkanes) is 2. The molecule has 0 heterocycles. The van der Waals surface area contributed by atoms with E-state index in [9.17, 15) is 47.9 Å². The third-order valence-corrected chi connectivity index (χ3v) is 13.9. The maximum Gasteiger partial charge on any atom is 0.243 e. The summed E-state index contributed by atoms with van der Waals surface area (Å²) in [5, 5.41) is 24.9. The van der Waals surface area contributed by atoms with Crippen molar-refractivity contribution in [3.63, 3.8) is 0 Å². The van der Waals surface area contributed by atoms with Gasteiger partial charge in [0.15, 0.2) is 5.96 Å². The van der Waals surface area contributed by atoms with E-state index in [-0.39, 0.29) is 101 Å². The summed E-state index contributed by atoms with van der Waals surface area (Å²) in [6.45, 7) is 22.4. The van der Waals surface area contributed by atoms with Crippen LogP contribution in [0.3, 0.4) is 0 Å². The average Bonchev–Trinajstić information content (AvgIpc) is 3.39. The molecule has 0 bridgehead atoms. The molecule has 0 saturated heterocycles. The number of carbonyl (C=O) groups is 10. The van der Waals surface area contributed by atoms with Crippen LogP contribution in [0.4, 0.5) is 0 Å². The Balaban J connectivity index is 7.04. The number of carbonyl (C=O) groups excluding carboxylic acids is 10. The largest absolute Gasteiger partial charge is 0.370 e. The van der Waals surface area contributed by atoms with Gasteiger partial charge in [0.1, 0.15) is 54.4 Å². The zero-order valence-electron chi connectivity index (χ0n) is 51.4. The first-order chi connectivity index (χ1) is 38.5. The Morgan fingerprint density at radius 1 is 0.366 bits per heavy atom. The lowest BCUT2D eigenvalue weighted by atomic mass is 9.94. The summed E-state index contributed by atoms with van der Waals surface area (Å²) in [7, 11) is 0. The monoisotopic (exact) mass is 1160 g/mol. The highest BCUT2D eigenvalue weighted by Gasteiger charge is 2.38. The van der Waals surface area contributed by atoms with Gasteiger partial charge in [-0.3, -0.25) is 52.9 Å². The predicted molar refractivity (Wildman–Crippen MR) is 318 cm³/mol. The van der Waals surface area contributed by atoms with Crippen molar-refractivity contribution in [2.75, 3.05) is 26.2 Å². The van der Waals surface area contributed by atoms with Crippen LogP contribution in [0.2, 0.25) is 0 Å². The number of guanidine groups is 1. The van der Waals surface area contributed by atoms with Crippen LogP contribution in [0.15, 0.2) is 4.99 Å². The third kappa shape index (κ3) is 30.8. The van der Waals surface area contributed by atoms with Crippen molar-refractivity contribution in [3.05, 3.63) is 0 Å². The van der Waals surface area contributed by atoms with E-state index in [1.165, 1.54) is 0 Å². The molecular weight excluding hydrogens is 1060 g/mol. The van der Waals surface area contributed by atoms with Crippen LogP contribution in [0.5, 0.6) is 0 Å². The number of hydrogen-bond acceptors (Lipinski definition) is 14. The first-order valence-electron chi connectivity index (χ1n) is 29.6. The highest BCUT2D eigenvalue weighted by Crippen LogP contribution is 2.17. The predicted octanol–water partition coefficient (Wildman–Crippen LogP) is -0.618. The van der Waals surface area contributed by atoms with Gasteiger partial charge in [-0.25, -0.2) is 0 Å². The second kappa shape index (κ2) is 40.9. The highest BCUT2D eigenvalue weighted by atomic mass is 16.2. The van der Waals surface area contributed by atoms with Crippen molar-refractivity contribution in [2.45, 2.75) is 227 Å². The number of hydrogen-bond donors (Lipinski definition) is 15. The normalized spacial score (nSPS) is 15.5. The van der Waals surface area contributed by atoms with Gasteiger partial charge in [-0.2, -0.15) is 0 Å². The van der Waals surface area contributed by atoms with E-state index in [4.69, 9.17) is 34.4 Å². The average molecular weight is 1170 g/mol. The minimum atomic E-state index is -1.27. The van der Waals surface area contributed by atoms with Crippen LogP contribution >= 0.6 is 0 Å². The molecule has 0 aliphatic rings. The van der Waals surface area contributed by atoms with Crippen molar-refractivity contribution in [1.29, 1.82) is 0 Å². The number of amides is 10. The molecule has 0 rings (SSSR count). The first-order valence-corrected chi connectivity index (χ1v) is 29.6. The van der Waals surface area contributed by atoms with Gasteiger partial charge in [0, 0.05) is 6.54 Å². The maximum absolute atomic E-state index is 14.6.